The van der Waals surface area contributed by atoms with Crippen LogP contribution in [-0.2, 0) is 18.6 Å². The number of carbonyl (C=O) groups is 1. The molecule has 0 saturated carbocycles. The fraction of sp³-hybridized carbons (Fsp3) is 0.219. The van der Waals surface area contributed by atoms with Crippen molar-refractivity contribution in [2.45, 2.75) is 30.6 Å². The van der Waals surface area contributed by atoms with Gasteiger partial charge in [0.2, 0.25) is 7.37 Å². The van der Waals surface area contributed by atoms with Crippen molar-refractivity contribution < 1.29 is 18.6 Å². The molecule has 1 saturated heterocycles. The maximum atomic E-state index is 15.5. The van der Waals surface area contributed by atoms with Crippen LogP contribution in [0.4, 0.5) is 0 Å². The highest BCUT2D eigenvalue weighted by Crippen LogP contribution is 2.73. The number of rotatable bonds is 9. The molecule has 39 heavy (non-hydrogen) atoms. The summed E-state index contributed by atoms with van der Waals surface area (Å²) in [4.78, 5) is 12.4. The Morgan fingerprint density at radius 1 is 0.821 bits per heavy atom. The van der Waals surface area contributed by atoms with E-state index in [-0.39, 0.29) is 19.2 Å². The average molecular weight is 541 g/mol. The van der Waals surface area contributed by atoms with Crippen LogP contribution in [0.25, 0.3) is 0 Å². The second-order valence-electron chi connectivity index (χ2n) is 9.45. The third-order valence-electron chi connectivity index (χ3n) is 6.90. The topological polar surface area (TPSA) is 76.7 Å². The summed E-state index contributed by atoms with van der Waals surface area (Å²) in [5, 5.41) is 7.00. The minimum absolute atomic E-state index is 0.0968. The van der Waals surface area contributed by atoms with Crippen molar-refractivity contribution in [2.75, 3.05) is 13.2 Å². The second-order valence-corrected chi connectivity index (χ2v) is 12.0. The SMILES string of the molecule is CCOC(=O)CN[C@@H](c1ccccc1)P1(=O)O[C@H](c2ccccc2)[C@H](c2ccccc2)N[C@@H]1c1ccccc1. The van der Waals surface area contributed by atoms with Crippen LogP contribution in [-0.4, -0.2) is 19.1 Å². The molecule has 0 aromatic heterocycles. The predicted octanol–water partition coefficient (Wildman–Crippen LogP) is 6.92. The molecule has 1 aliphatic rings. The first kappa shape index (κ1) is 27.0. The zero-order chi connectivity index (χ0) is 27.1. The normalized spacial score (nSPS) is 23.6. The highest BCUT2D eigenvalue weighted by atomic mass is 31.2. The van der Waals surface area contributed by atoms with Gasteiger partial charge >= 0.3 is 5.97 Å². The average Bonchev–Trinajstić information content (AvgIpc) is 2.99. The lowest BCUT2D eigenvalue weighted by Gasteiger charge is -2.46. The molecule has 2 N–H and O–H groups in total. The van der Waals surface area contributed by atoms with Crippen LogP contribution >= 0.6 is 7.37 Å². The molecule has 5 atom stereocenters. The number of hydrogen-bond donors (Lipinski definition) is 2. The minimum Gasteiger partial charge on any atom is -0.465 e. The first-order valence-electron chi connectivity index (χ1n) is 13.2. The van der Waals surface area contributed by atoms with Crippen LogP contribution < -0.4 is 10.6 Å². The molecular weight excluding hydrogens is 507 g/mol. The van der Waals surface area contributed by atoms with E-state index < -0.39 is 31.0 Å². The molecule has 1 unspecified atom stereocenters. The highest BCUT2D eigenvalue weighted by molar-refractivity contribution is 7.59. The lowest BCUT2D eigenvalue weighted by molar-refractivity contribution is -0.142. The number of carbonyl (C=O) groups excluding carboxylic acids is 1. The molecule has 0 radical (unpaired) electrons. The fourth-order valence-corrected chi connectivity index (χ4v) is 8.15. The van der Waals surface area contributed by atoms with Gasteiger partial charge in [-0.05, 0) is 29.2 Å². The summed E-state index contributed by atoms with van der Waals surface area (Å²) in [6.45, 7) is 1.94. The van der Waals surface area contributed by atoms with E-state index in [1.165, 1.54) is 0 Å². The van der Waals surface area contributed by atoms with E-state index in [2.05, 4.69) is 22.8 Å². The van der Waals surface area contributed by atoms with Gasteiger partial charge in [0.05, 0.1) is 19.2 Å². The van der Waals surface area contributed by atoms with Crippen molar-refractivity contribution in [3.8, 4) is 0 Å². The van der Waals surface area contributed by atoms with E-state index >= 15 is 4.57 Å². The molecule has 0 spiro atoms. The minimum atomic E-state index is -3.66. The molecule has 0 aliphatic carbocycles. The van der Waals surface area contributed by atoms with E-state index in [0.717, 1.165) is 22.3 Å². The number of nitrogens with one attached hydrogen (secondary N) is 2. The Kier molecular flexibility index (Phi) is 8.70. The third kappa shape index (κ3) is 6.05. The molecule has 200 valence electrons. The lowest BCUT2D eigenvalue weighted by Crippen LogP contribution is -2.41. The van der Waals surface area contributed by atoms with Crippen molar-refractivity contribution in [1.29, 1.82) is 0 Å². The summed E-state index contributed by atoms with van der Waals surface area (Å²) in [6.07, 6.45) is -0.532. The number of hydrogen-bond acceptors (Lipinski definition) is 6. The molecule has 0 amide bonds. The van der Waals surface area contributed by atoms with E-state index in [1.807, 2.05) is 109 Å². The molecule has 7 heteroatoms. The second kappa shape index (κ2) is 12.5. The molecule has 4 aromatic carbocycles. The van der Waals surface area contributed by atoms with Gasteiger partial charge in [-0.25, -0.2) is 0 Å². The Morgan fingerprint density at radius 3 is 1.90 bits per heavy atom. The van der Waals surface area contributed by atoms with Gasteiger partial charge in [0.1, 0.15) is 17.7 Å². The first-order chi connectivity index (χ1) is 19.1. The van der Waals surface area contributed by atoms with Gasteiger partial charge < -0.3 is 9.26 Å². The molecule has 1 heterocycles. The number of esters is 1. The molecule has 1 fully saturated rings. The quantitative estimate of drug-likeness (QED) is 0.177. The summed E-state index contributed by atoms with van der Waals surface area (Å²) < 4.78 is 27.6. The van der Waals surface area contributed by atoms with E-state index in [9.17, 15) is 4.79 Å². The van der Waals surface area contributed by atoms with Gasteiger partial charge in [0.15, 0.2) is 0 Å². The summed E-state index contributed by atoms with van der Waals surface area (Å²) in [5.74, 6) is -1.81. The van der Waals surface area contributed by atoms with Gasteiger partial charge in [-0.3, -0.25) is 20.0 Å². The lowest BCUT2D eigenvalue weighted by atomic mass is 9.95. The monoisotopic (exact) mass is 540 g/mol. The van der Waals surface area contributed by atoms with Crippen LogP contribution in [0.5, 0.6) is 0 Å². The molecule has 6 nitrogen and oxygen atoms in total. The standard InChI is InChI=1S/C32H33N2O4P/c1-2-37-28(35)23-33-31(26-19-11-5-12-20-26)39(36)32(27-21-13-6-14-22-27)34-29(24-15-7-3-8-16-24)30(38-39)25-17-9-4-10-18-25/h3-22,29-34H,2,23H2,1H3/t29-,30+,31+,32-,39?/m0/s1. The summed E-state index contributed by atoms with van der Waals surface area (Å²) in [7, 11) is -3.66. The third-order valence-corrected chi connectivity index (χ3v) is 9.82. The van der Waals surface area contributed by atoms with Crippen LogP contribution in [0.1, 0.15) is 52.9 Å². The largest absolute Gasteiger partial charge is 0.465 e. The van der Waals surface area contributed by atoms with Crippen molar-refractivity contribution in [2.24, 2.45) is 0 Å². The Morgan fingerprint density at radius 2 is 1.33 bits per heavy atom. The van der Waals surface area contributed by atoms with Gasteiger partial charge in [-0.2, -0.15) is 0 Å². The maximum Gasteiger partial charge on any atom is 0.319 e. The first-order valence-corrected chi connectivity index (χ1v) is 15.0. The van der Waals surface area contributed by atoms with E-state index in [4.69, 9.17) is 9.26 Å². The van der Waals surface area contributed by atoms with E-state index in [1.54, 1.807) is 6.92 Å². The van der Waals surface area contributed by atoms with Crippen molar-refractivity contribution in [3.63, 3.8) is 0 Å². The van der Waals surface area contributed by atoms with Gasteiger partial charge in [0, 0.05) is 0 Å². The van der Waals surface area contributed by atoms with Crippen LogP contribution in [0.3, 0.4) is 0 Å². The predicted molar refractivity (Wildman–Crippen MR) is 153 cm³/mol. The molecule has 1 aliphatic heterocycles. The molecule has 5 rings (SSSR count). The number of ether oxygens (including phenoxy) is 1. The summed E-state index contributed by atoms with van der Waals surface area (Å²) in [6, 6.07) is 39.0. The highest BCUT2D eigenvalue weighted by Gasteiger charge is 2.52. The fourth-order valence-electron chi connectivity index (χ4n) is 5.12. The Labute approximate surface area is 229 Å². The number of benzene rings is 4. The molecule has 4 aromatic rings. The zero-order valence-electron chi connectivity index (χ0n) is 21.9. The summed E-state index contributed by atoms with van der Waals surface area (Å²) >= 11 is 0. The van der Waals surface area contributed by atoms with Crippen molar-refractivity contribution in [1.82, 2.24) is 10.6 Å². The maximum absolute atomic E-state index is 15.5. The van der Waals surface area contributed by atoms with Gasteiger partial charge in [-0.15, -0.1) is 0 Å². The zero-order valence-corrected chi connectivity index (χ0v) is 22.7. The van der Waals surface area contributed by atoms with Crippen LogP contribution in [0.15, 0.2) is 121 Å². The van der Waals surface area contributed by atoms with E-state index in [0.29, 0.717) is 0 Å². The molecular formula is C32H33N2O4P. The Hall–Kier alpha value is -3.54. The van der Waals surface area contributed by atoms with Crippen LogP contribution in [0.2, 0.25) is 0 Å². The Bertz CT molecular complexity index is 1390. The molecule has 0 bridgehead atoms. The van der Waals surface area contributed by atoms with Crippen molar-refractivity contribution in [3.05, 3.63) is 144 Å². The van der Waals surface area contributed by atoms with Crippen molar-refractivity contribution >= 4 is 13.3 Å². The smallest absolute Gasteiger partial charge is 0.319 e. The Balaban J connectivity index is 1.64. The summed E-state index contributed by atoms with van der Waals surface area (Å²) in [5.41, 5.74) is 3.59. The van der Waals surface area contributed by atoms with Gasteiger partial charge in [0.25, 0.3) is 0 Å². The van der Waals surface area contributed by atoms with Gasteiger partial charge in [-0.1, -0.05) is 121 Å². The van der Waals surface area contributed by atoms with Crippen LogP contribution in [0, 0.1) is 0 Å².